The average Bonchev–Trinajstić information content (AvgIpc) is 2.68. The molecule has 0 heterocycles. The summed E-state index contributed by atoms with van der Waals surface area (Å²) in [6.07, 6.45) is 0.866. The molecule has 5 heteroatoms. The van der Waals surface area contributed by atoms with E-state index in [1.54, 1.807) is 20.2 Å². The maximum absolute atomic E-state index is 12.2. The smallest absolute Gasteiger partial charge is 0.280 e. The van der Waals surface area contributed by atoms with E-state index < -0.39 is 6.10 Å². The number of carbonyl (C=O) groups is 1. The molecule has 0 bridgehead atoms. The third-order valence-electron chi connectivity index (χ3n) is 3.92. The van der Waals surface area contributed by atoms with E-state index in [4.69, 9.17) is 9.47 Å². The van der Waals surface area contributed by atoms with Crippen LogP contribution in [0.15, 0.2) is 71.8 Å². The molecule has 0 fully saturated rings. The Labute approximate surface area is 152 Å². The standard InChI is InChI=1S/C21H20N2O3/c1-15(26-19-12-11-16-7-3-4-8-17(16)13-19)21(24)23-22-14-18-9-5-6-10-20(18)25-2/h3-15H,1-2H3,(H,23,24)/b22-14-/t15-/m0/s1. The number of nitrogens with zero attached hydrogens (tertiary/aromatic N) is 1. The maximum atomic E-state index is 12.2. The third kappa shape index (κ3) is 4.19. The molecule has 0 aliphatic carbocycles. The van der Waals surface area contributed by atoms with E-state index in [9.17, 15) is 4.79 Å². The van der Waals surface area contributed by atoms with Gasteiger partial charge in [0.05, 0.1) is 13.3 Å². The summed E-state index contributed by atoms with van der Waals surface area (Å²) < 4.78 is 11.0. The second-order valence-corrected chi connectivity index (χ2v) is 5.75. The fourth-order valence-corrected chi connectivity index (χ4v) is 2.53. The van der Waals surface area contributed by atoms with Gasteiger partial charge in [-0.25, -0.2) is 5.43 Å². The van der Waals surface area contributed by atoms with Gasteiger partial charge in [0.2, 0.25) is 0 Å². The van der Waals surface area contributed by atoms with Gasteiger partial charge in [0.1, 0.15) is 11.5 Å². The first-order valence-electron chi connectivity index (χ1n) is 8.29. The number of hydrogen-bond acceptors (Lipinski definition) is 4. The summed E-state index contributed by atoms with van der Waals surface area (Å²) in [5, 5.41) is 6.16. The Balaban J connectivity index is 1.61. The molecule has 0 aliphatic rings. The minimum atomic E-state index is -0.675. The van der Waals surface area contributed by atoms with Crippen LogP contribution in [0.3, 0.4) is 0 Å². The van der Waals surface area contributed by atoms with Gasteiger partial charge in [-0.1, -0.05) is 42.5 Å². The van der Waals surface area contributed by atoms with E-state index in [1.807, 2.05) is 66.7 Å². The number of ether oxygens (including phenoxy) is 2. The number of benzene rings is 3. The lowest BCUT2D eigenvalue weighted by Crippen LogP contribution is -2.33. The van der Waals surface area contributed by atoms with Gasteiger partial charge >= 0.3 is 0 Å². The lowest BCUT2D eigenvalue weighted by molar-refractivity contribution is -0.127. The molecule has 0 saturated heterocycles. The Kier molecular flexibility index (Phi) is 5.49. The van der Waals surface area contributed by atoms with Crippen LogP contribution in [0, 0.1) is 0 Å². The Morgan fingerprint density at radius 1 is 1.04 bits per heavy atom. The summed E-state index contributed by atoms with van der Waals surface area (Å²) in [4.78, 5) is 12.2. The van der Waals surface area contributed by atoms with Crippen molar-refractivity contribution in [3.8, 4) is 11.5 Å². The van der Waals surface area contributed by atoms with E-state index in [0.29, 0.717) is 11.5 Å². The Hall–Kier alpha value is -3.34. The molecule has 3 aromatic rings. The highest BCUT2D eigenvalue weighted by Gasteiger charge is 2.14. The zero-order chi connectivity index (χ0) is 18.4. The van der Waals surface area contributed by atoms with E-state index in [0.717, 1.165) is 16.3 Å². The van der Waals surface area contributed by atoms with Crippen LogP contribution in [0.25, 0.3) is 10.8 Å². The van der Waals surface area contributed by atoms with Crippen molar-refractivity contribution in [3.63, 3.8) is 0 Å². The van der Waals surface area contributed by atoms with Crippen molar-refractivity contribution in [2.24, 2.45) is 5.10 Å². The minimum Gasteiger partial charge on any atom is -0.496 e. The maximum Gasteiger partial charge on any atom is 0.280 e. The van der Waals surface area contributed by atoms with Crippen LogP contribution in [-0.2, 0) is 4.79 Å². The molecule has 0 aromatic heterocycles. The summed E-state index contributed by atoms with van der Waals surface area (Å²) in [5.41, 5.74) is 3.27. The molecule has 5 nitrogen and oxygen atoms in total. The van der Waals surface area contributed by atoms with Gasteiger partial charge in [-0.05, 0) is 42.0 Å². The number of hydrazone groups is 1. The van der Waals surface area contributed by atoms with Crippen LogP contribution < -0.4 is 14.9 Å². The zero-order valence-corrected chi connectivity index (χ0v) is 14.7. The van der Waals surface area contributed by atoms with Crippen LogP contribution >= 0.6 is 0 Å². The van der Waals surface area contributed by atoms with Crippen molar-refractivity contribution in [1.82, 2.24) is 5.43 Å². The summed E-state index contributed by atoms with van der Waals surface area (Å²) in [7, 11) is 1.59. The fraction of sp³-hybridized carbons (Fsp3) is 0.143. The summed E-state index contributed by atoms with van der Waals surface area (Å²) in [5.74, 6) is 0.996. The quantitative estimate of drug-likeness (QED) is 0.545. The average molecular weight is 348 g/mol. The lowest BCUT2D eigenvalue weighted by atomic mass is 10.1. The summed E-state index contributed by atoms with van der Waals surface area (Å²) in [6.45, 7) is 1.68. The second-order valence-electron chi connectivity index (χ2n) is 5.75. The molecule has 0 unspecified atom stereocenters. The first-order chi connectivity index (χ1) is 12.7. The number of fused-ring (bicyclic) bond motifs is 1. The first kappa shape index (κ1) is 17.5. The molecule has 1 atom stereocenters. The predicted octanol–water partition coefficient (Wildman–Crippen LogP) is 3.77. The highest BCUT2D eigenvalue weighted by atomic mass is 16.5. The molecule has 0 aliphatic heterocycles. The summed E-state index contributed by atoms with van der Waals surface area (Å²) in [6, 6.07) is 21.1. The van der Waals surface area contributed by atoms with Crippen LogP contribution in [0.5, 0.6) is 11.5 Å². The lowest BCUT2D eigenvalue weighted by Gasteiger charge is -2.13. The molecule has 1 amide bonds. The minimum absolute atomic E-state index is 0.329. The van der Waals surface area contributed by atoms with Gasteiger partial charge in [-0.2, -0.15) is 5.10 Å². The number of methoxy groups -OCH3 is 1. The second kappa shape index (κ2) is 8.16. The third-order valence-corrected chi connectivity index (χ3v) is 3.92. The zero-order valence-electron chi connectivity index (χ0n) is 14.7. The van der Waals surface area contributed by atoms with Crippen molar-refractivity contribution in [1.29, 1.82) is 0 Å². The van der Waals surface area contributed by atoms with Crippen LogP contribution in [0.2, 0.25) is 0 Å². The summed E-state index contributed by atoms with van der Waals surface area (Å²) >= 11 is 0. The molecule has 3 aromatic carbocycles. The SMILES string of the molecule is COc1ccccc1/C=N\NC(=O)[C@H](C)Oc1ccc2ccccc2c1. The van der Waals surface area contributed by atoms with Crippen molar-refractivity contribution >= 4 is 22.9 Å². The monoisotopic (exact) mass is 348 g/mol. The van der Waals surface area contributed by atoms with Crippen molar-refractivity contribution < 1.29 is 14.3 Å². The Morgan fingerprint density at radius 2 is 1.77 bits per heavy atom. The number of carbonyl (C=O) groups excluding carboxylic acids is 1. The van der Waals surface area contributed by atoms with E-state index in [-0.39, 0.29) is 5.91 Å². The van der Waals surface area contributed by atoms with E-state index in [2.05, 4.69) is 10.5 Å². The number of para-hydroxylation sites is 1. The van der Waals surface area contributed by atoms with E-state index in [1.165, 1.54) is 0 Å². The molecule has 0 spiro atoms. The highest BCUT2D eigenvalue weighted by molar-refractivity contribution is 5.87. The van der Waals surface area contributed by atoms with Crippen molar-refractivity contribution in [2.45, 2.75) is 13.0 Å². The van der Waals surface area contributed by atoms with Crippen molar-refractivity contribution in [2.75, 3.05) is 7.11 Å². The van der Waals surface area contributed by atoms with Crippen LogP contribution in [-0.4, -0.2) is 25.3 Å². The van der Waals surface area contributed by atoms with Gasteiger partial charge in [0, 0.05) is 5.56 Å². The number of hydrogen-bond donors (Lipinski definition) is 1. The molecule has 3 rings (SSSR count). The van der Waals surface area contributed by atoms with Gasteiger partial charge in [0.15, 0.2) is 6.10 Å². The Bertz CT molecular complexity index is 937. The number of nitrogens with one attached hydrogen (secondary N) is 1. The number of rotatable bonds is 6. The largest absolute Gasteiger partial charge is 0.496 e. The molecule has 132 valence electrons. The molecule has 0 radical (unpaired) electrons. The van der Waals surface area contributed by atoms with Crippen LogP contribution in [0.1, 0.15) is 12.5 Å². The van der Waals surface area contributed by atoms with Gasteiger partial charge in [0.25, 0.3) is 5.91 Å². The molecule has 26 heavy (non-hydrogen) atoms. The van der Waals surface area contributed by atoms with E-state index >= 15 is 0 Å². The van der Waals surface area contributed by atoms with Gasteiger partial charge in [-0.3, -0.25) is 4.79 Å². The number of amides is 1. The topological polar surface area (TPSA) is 59.9 Å². The van der Waals surface area contributed by atoms with Crippen molar-refractivity contribution in [3.05, 3.63) is 72.3 Å². The van der Waals surface area contributed by atoms with Crippen LogP contribution in [0.4, 0.5) is 0 Å². The molecular weight excluding hydrogens is 328 g/mol. The normalized spacial score (nSPS) is 12.1. The molecule has 0 saturated carbocycles. The van der Waals surface area contributed by atoms with Gasteiger partial charge < -0.3 is 9.47 Å². The van der Waals surface area contributed by atoms with Gasteiger partial charge in [-0.15, -0.1) is 0 Å². The fourth-order valence-electron chi connectivity index (χ4n) is 2.53. The molecule has 1 N–H and O–H groups in total. The Morgan fingerprint density at radius 3 is 2.58 bits per heavy atom. The highest BCUT2D eigenvalue weighted by Crippen LogP contribution is 2.21. The predicted molar refractivity (Wildman–Crippen MR) is 103 cm³/mol. The first-order valence-corrected chi connectivity index (χ1v) is 8.29. The molecular formula is C21H20N2O3.